The number of nitrogens with zero attached hydrogens (tertiary/aromatic N) is 2. The summed E-state index contributed by atoms with van der Waals surface area (Å²) in [4.78, 5) is 4.67. The van der Waals surface area contributed by atoms with E-state index < -0.39 is 6.10 Å². The van der Waals surface area contributed by atoms with Crippen LogP contribution in [0.15, 0.2) is 48.5 Å². The summed E-state index contributed by atoms with van der Waals surface area (Å²) in [5.74, 6) is 0. The lowest BCUT2D eigenvalue weighted by molar-refractivity contribution is 0.00914. The molecule has 1 atom stereocenters. The Labute approximate surface area is 160 Å². The maximum absolute atomic E-state index is 10.2. The summed E-state index contributed by atoms with van der Waals surface area (Å²) >= 11 is 6.14. The minimum Gasteiger partial charge on any atom is -0.389 e. The van der Waals surface area contributed by atoms with Gasteiger partial charge in [-0.05, 0) is 30.2 Å². The number of rotatable bonds is 7. The lowest BCUT2D eigenvalue weighted by Crippen LogP contribution is -2.49. The molecule has 0 bridgehead atoms. The fourth-order valence-corrected chi connectivity index (χ4v) is 3.50. The van der Waals surface area contributed by atoms with Crippen LogP contribution in [-0.2, 0) is 11.3 Å². The highest BCUT2D eigenvalue weighted by atomic mass is 35.5. The number of halogens is 1. The van der Waals surface area contributed by atoms with Gasteiger partial charge in [0.15, 0.2) is 0 Å². The van der Waals surface area contributed by atoms with Gasteiger partial charge in [-0.25, -0.2) is 0 Å². The van der Waals surface area contributed by atoms with Gasteiger partial charge in [-0.3, -0.25) is 4.90 Å². The molecule has 4 nitrogen and oxygen atoms in total. The van der Waals surface area contributed by atoms with Gasteiger partial charge in [-0.15, -0.1) is 0 Å². The quantitative estimate of drug-likeness (QED) is 0.806. The standard InChI is InChI=1S/C21H27ClN2O2/c1-17-7-8-19(22)13-21(17)24-11-9-23(10-12-24)14-20(25)16-26-15-18-5-3-2-4-6-18/h2-8,13,20,25H,9-12,14-16H2,1H3/t20-/m1/s1. The lowest BCUT2D eigenvalue weighted by atomic mass is 10.1. The molecule has 5 heteroatoms. The fraction of sp³-hybridized carbons (Fsp3) is 0.429. The zero-order valence-electron chi connectivity index (χ0n) is 15.3. The molecule has 0 saturated carbocycles. The highest BCUT2D eigenvalue weighted by molar-refractivity contribution is 6.30. The van der Waals surface area contributed by atoms with E-state index in [1.54, 1.807) is 0 Å². The third-order valence-electron chi connectivity index (χ3n) is 4.77. The number of anilines is 1. The molecule has 0 aromatic heterocycles. The van der Waals surface area contributed by atoms with E-state index in [0.717, 1.165) is 36.8 Å². The van der Waals surface area contributed by atoms with E-state index in [1.165, 1.54) is 11.3 Å². The predicted octanol–water partition coefficient (Wildman–Crippen LogP) is 3.35. The maximum atomic E-state index is 10.2. The first-order chi connectivity index (χ1) is 12.6. The summed E-state index contributed by atoms with van der Waals surface area (Å²) in [5.41, 5.74) is 3.59. The molecule has 26 heavy (non-hydrogen) atoms. The second-order valence-electron chi connectivity index (χ2n) is 6.87. The summed E-state index contributed by atoms with van der Waals surface area (Å²) in [5, 5.41) is 11.0. The van der Waals surface area contributed by atoms with E-state index in [0.29, 0.717) is 19.8 Å². The minimum absolute atomic E-state index is 0.364. The van der Waals surface area contributed by atoms with Crippen molar-refractivity contribution in [3.05, 3.63) is 64.7 Å². The van der Waals surface area contributed by atoms with Gasteiger partial charge in [0, 0.05) is 43.4 Å². The number of aliphatic hydroxyl groups is 1. The highest BCUT2D eigenvalue weighted by Gasteiger charge is 2.20. The Morgan fingerprint density at radius 1 is 1.08 bits per heavy atom. The van der Waals surface area contributed by atoms with Gasteiger partial charge in [-0.2, -0.15) is 0 Å². The van der Waals surface area contributed by atoms with Crippen molar-refractivity contribution in [2.45, 2.75) is 19.6 Å². The van der Waals surface area contributed by atoms with Crippen LogP contribution in [0.3, 0.4) is 0 Å². The Hall–Kier alpha value is -1.59. The van der Waals surface area contributed by atoms with Gasteiger partial charge in [0.2, 0.25) is 0 Å². The molecule has 0 spiro atoms. The molecule has 1 N–H and O–H groups in total. The van der Waals surface area contributed by atoms with Crippen molar-refractivity contribution in [3.63, 3.8) is 0 Å². The second kappa shape index (κ2) is 9.38. The smallest absolute Gasteiger partial charge is 0.0900 e. The topological polar surface area (TPSA) is 35.9 Å². The van der Waals surface area contributed by atoms with Crippen molar-refractivity contribution in [1.29, 1.82) is 0 Å². The van der Waals surface area contributed by atoms with Crippen LogP contribution in [0.25, 0.3) is 0 Å². The summed E-state index contributed by atoms with van der Waals surface area (Å²) in [7, 11) is 0. The Kier molecular flexibility index (Phi) is 6.92. The van der Waals surface area contributed by atoms with Crippen molar-refractivity contribution in [2.75, 3.05) is 44.2 Å². The van der Waals surface area contributed by atoms with Crippen LogP contribution in [0.1, 0.15) is 11.1 Å². The molecule has 140 valence electrons. The first kappa shape index (κ1) is 19.2. The van der Waals surface area contributed by atoms with Crippen LogP contribution in [0.5, 0.6) is 0 Å². The Balaban J connectivity index is 1.40. The van der Waals surface area contributed by atoms with Crippen LogP contribution in [0.4, 0.5) is 5.69 Å². The molecule has 3 rings (SSSR count). The Morgan fingerprint density at radius 3 is 2.54 bits per heavy atom. The third-order valence-corrected chi connectivity index (χ3v) is 5.01. The number of ether oxygens (including phenoxy) is 1. The molecule has 1 aliphatic rings. The average molecular weight is 375 g/mol. The molecule has 1 fully saturated rings. The van der Waals surface area contributed by atoms with Gasteiger partial charge in [0.25, 0.3) is 0 Å². The van der Waals surface area contributed by atoms with Crippen LogP contribution >= 0.6 is 11.6 Å². The van der Waals surface area contributed by atoms with E-state index in [9.17, 15) is 5.11 Å². The van der Waals surface area contributed by atoms with Crippen molar-refractivity contribution in [1.82, 2.24) is 4.90 Å². The summed E-state index contributed by atoms with van der Waals surface area (Å²) in [6.45, 7) is 7.42. The SMILES string of the molecule is Cc1ccc(Cl)cc1N1CCN(C[C@@H](O)COCc2ccccc2)CC1. The fourth-order valence-electron chi connectivity index (χ4n) is 3.33. The number of β-amino-alcohol motifs (C(OH)–C–C–N with tert-alkyl or cyclic N) is 1. The average Bonchev–Trinajstić information content (AvgIpc) is 2.65. The van der Waals surface area contributed by atoms with Crippen LogP contribution in [0, 0.1) is 6.92 Å². The Bertz CT molecular complexity index is 688. The molecule has 0 unspecified atom stereocenters. The first-order valence-electron chi connectivity index (χ1n) is 9.15. The van der Waals surface area contributed by atoms with E-state index in [2.05, 4.69) is 22.8 Å². The molecular formula is C21H27ClN2O2. The number of aliphatic hydroxyl groups excluding tert-OH is 1. The lowest BCUT2D eigenvalue weighted by Gasteiger charge is -2.37. The Morgan fingerprint density at radius 2 is 1.81 bits per heavy atom. The van der Waals surface area contributed by atoms with Crippen LogP contribution < -0.4 is 4.90 Å². The molecule has 1 heterocycles. The third kappa shape index (κ3) is 5.45. The highest BCUT2D eigenvalue weighted by Crippen LogP contribution is 2.25. The zero-order chi connectivity index (χ0) is 18.4. The van der Waals surface area contributed by atoms with Gasteiger partial charge >= 0.3 is 0 Å². The predicted molar refractivity (Wildman–Crippen MR) is 107 cm³/mol. The molecular weight excluding hydrogens is 348 g/mol. The van der Waals surface area contributed by atoms with Crippen LogP contribution in [0.2, 0.25) is 5.02 Å². The van der Waals surface area contributed by atoms with E-state index in [1.807, 2.05) is 42.5 Å². The zero-order valence-corrected chi connectivity index (χ0v) is 16.0. The van der Waals surface area contributed by atoms with Gasteiger partial charge < -0.3 is 14.7 Å². The van der Waals surface area contributed by atoms with Crippen molar-refractivity contribution >= 4 is 17.3 Å². The monoisotopic (exact) mass is 374 g/mol. The van der Waals surface area contributed by atoms with Crippen molar-refractivity contribution < 1.29 is 9.84 Å². The normalized spacial score (nSPS) is 16.7. The van der Waals surface area contributed by atoms with Gasteiger partial charge in [0.1, 0.15) is 0 Å². The minimum atomic E-state index is -0.460. The molecule has 1 saturated heterocycles. The van der Waals surface area contributed by atoms with Crippen LogP contribution in [-0.4, -0.2) is 55.4 Å². The van der Waals surface area contributed by atoms with E-state index in [-0.39, 0.29) is 0 Å². The number of piperazine rings is 1. The number of benzene rings is 2. The summed E-state index contributed by atoms with van der Waals surface area (Å²) in [6, 6.07) is 16.1. The molecule has 1 aliphatic heterocycles. The van der Waals surface area contributed by atoms with E-state index in [4.69, 9.17) is 16.3 Å². The largest absolute Gasteiger partial charge is 0.389 e. The molecule has 0 radical (unpaired) electrons. The van der Waals surface area contributed by atoms with Gasteiger partial charge in [0.05, 0.1) is 19.3 Å². The number of hydrogen-bond acceptors (Lipinski definition) is 4. The summed E-state index contributed by atoms with van der Waals surface area (Å²) in [6.07, 6.45) is -0.460. The molecule has 0 amide bonds. The maximum Gasteiger partial charge on any atom is 0.0900 e. The molecule has 0 aliphatic carbocycles. The molecule has 2 aromatic carbocycles. The van der Waals surface area contributed by atoms with Gasteiger partial charge in [-0.1, -0.05) is 48.0 Å². The number of aryl methyl sites for hydroxylation is 1. The first-order valence-corrected chi connectivity index (χ1v) is 9.53. The summed E-state index contributed by atoms with van der Waals surface area (Å²) < 4.78 is 5.64. The van der Waals surface area contributed by atoms with E-state index >= 15 is 0 Å². The van der Waals surface area contributed by atoms with Crippen molar-refractivity contribution in [3.8, 4) is 0 Å². The van der Waals surface area contributed by atoms with Crippen molar-refractivity contribution in [2.24, 2.45) is 0 Å². The number of hydrogen-bond donors (Lipinski definition) is 1. The molecule has 2 aromatic rings. The second-order valence-corrected chi connectivity index (χ2v) is 7.31.